The summed E-state index contributed by atoms with van der Waals surface area (Å²) in [6.45, 7) is 4.27. The molecular formula is C19H18Cl3N5O. The lowest BCUT2D eigenvalue weighted by molar-refractivity contribution is 0.0950. The molecule has 0 saturated heterocycles. The summed E-state index contributed by atoms with van der Waals surface area (Å²) in [6, 6.07) is 8.20. The SMILES string of the molecule is CN1/C(=C\C=N\NC(=O)c2nc(Cl)c(Cl)c(N)c2Cl)C(C)(C)c2ccccc21. The van der Waals surface area contributed by atoms with Crippen LogP contribution in [0.1, 0.15) is 29.9 Å². The first-order valence-electron chi connectivity index (χ1n) is 8.33. The summed E-state index contributed by atoms with van der Waals surface area (Å²) >= 11 is 17.7. The fourth-order valence-electron chi connectivity index (χ4n) is 3.24. The van der Waals surface area contributed by atoms with E-state index >= 15 is 0 Å². The summed E-state index contributed by atoms with van der Waals surface area (Å²) in [7, 11) is 1.99. The second kappa shape index (κ2) is 7.62. The van der Waals surface area contributed by atoms with Gasteiger partial charge in [0.15, 0.2) is 10.8 Å². The molecule has 2 heterocycles. The number of nitrogen functional groups attached to an aromatic ring is 1. The number of carbonyl (C=O) groups excluding carboxylic acids is 1. The molecule has 1 aromatic carbocycles. The van der Waals surface area contributed by atoms with Crippen LogP contribution in [-0.4, -0.2) is 24.2 Å². The second-order valence-electron chi connectivity index (χ2n) is 6.77. The number of likely N-dealkylation sites (N-methyl/N-ethyl adjacent to an activating group) is 1. The van der Waals surface area contributed by atoms with Gasteiger partial charge in [0.25, 0.3) is 5.91 Å². The number of nitrogens with one attached hydrogen (secondary N) is 1. The quantitative estimate of drug-likeness (QED) is 0.415. The predicted octanol–water partition coefficient (Wildman–Crippen LogP) is 4.65. The Morgan fingerprint density at radius 3 is 2.61 bits per heavy atom. The van der Waals surface area contributed by atoms with E-state index in [0.717, 1.165) is 11.4 Å². The third-order valence-corrected chi connectivity index (χ3v) is 5.84. The standard InChI is InChI=1S/C19H18Cl3N5O/c1-19(2)10-6-4-5-7-11(10)27(3)12(19)8-9-24-26-18(28)16-13(20)15(23)14(21)17(22)25-16/h4-9H,1-3H3,(H2,23,25)(H,26,28)/b12-8-,24-9+. The van der Waals surface area contributed by atoms with E-state index in [0.29, 0.717) is 0 Å². The molecule has 0 unspecified atom stereocenters. The van der Waals surface area contributed by atoms with Gasteiger partial charge in [0, 0.05) is 30.1 Å². The third-order valence-electron chi connectivity index (χ3n) is 4.70. The Hall–Kier alpha value is -2.28. The minimum absolute atomic E-state index is 0.00233. The van der Waals surface area contributed by atoms with E-state index in [1.54, 1.807) is 0 Å². The van der Waals surface area contributed by atoms with Gasteiger partial charge in [0.1, 0.15) is 5.02 Å². The van der Waals surface area contributed by atoms with Crippen molar-refractivity contribution in [2.75, 3.05) is 17.7 Å². The number of nitrogens with zero attached hydrogens (tertiary/aromatic N) is 3. The Morgan fingerprint density at radius 2 is 1.93 bits per heavy atom. The first-order valence-corrected chi connectivity index (χ1v) is 9.47. The number of amides is 1. The molecule has 3 rings (SSSR count). The highest BCUT2D eigenvalue weighted by atomic mass is 35.5. The Balaban J connectivity index is 1.79. The first kappa shape index (κ1) is 20.5. The molecule has 6 nitrogen and oxygen atoms in total. The van der Waals surface area contributed by atoms with Gasteiger partial charge < -0.3 is 10.6 Å². The molecule has 1 aliphatic heterocycles. The lowest BCUT2D eigenvalue weighted by Crippen LogP contribution is -2.23. The number of anilines is 2. The number of carbonyl (C=O) groups is 1. The number of aromatic nitrogens is 1. The molecular weight excluding hydrogens is 421 g/mol. The highest BCUT2D eigenvalue weighted by Gasteiger charge is 2.37. The number of allylic oxidation sites excluding steroid dienone is 2. The zero-order chi connectivity index (χ0) is 20.6. The van der Waals surface area contributed by atoms with E-state index in [2.05, 4.69) is 46.4 Å². The zero-order valence-corrected chi connectivity index (χ0v) is 17.7. The minimum Gasteiger partial charge on any atom is -0.396 e. The normalized spacial score (nSPS) is 16.6. The number of fused-ring (bicyclic) bond motifs is 1. The monoisotopic (exact) mass is 437 g/mol. The second-order valence-corrected chi connectivity index (χ2v) is 7.88. The van der Waals surface area contributed by atoms with Crippen LogP contribution >= 0.6 is 34.8 Å². The van der Waals surface area contributed by atoms with Gasteiger partial charge in [-0.15, -0.1) is 0 Å². The summed E-state index contributed by atoms with van der Waals surface area (Å²) in [4.78, 5) is 18.2. The molecule has 2 aromatic rings. The Morgan fingerprint density at radius 1 is 1.25 bits per heavy atom. The zero-order valence-electron chi connectivity index (χ0n) is 15.4. The average Bonchev–Trinajstić information content (AvgIpc) is 2.86. The van der Waals surface area contributed by atoms with Gasteiger partial charge in [-0.3, -0.25) is 4.79 Å². The molecule has 3 N–H and O–H groups in total. The minimum atomic E-state index is -0.646. The number of hydrogen-bond donors (Lipinski definition) is 2. The van der Waals surface area contributed by atoms with Crippen molar-refractivity contribution in [3.8, 4) is 0 Å². The number of hydrazone groups is 1. The molecule has 0 radical (unpaired) electrons. The van der Waals surface area contributed by atoms with Gasteiger partial charge in [-0.25, -0.2) is 10.4 Å². The number of benzene rings is 1. The van der Waals surface area contributed by atoms with Crippen LogP contribution in [0.5, 0.6) is 0 Å². The van der Waals surface area contributed by atoms with Gasteiger partial charge in [0.2, 0.25) is 0 Å². The number of halogens is 3. The van der Waals surface area contributed by atoms with E-state index in [4.69, 9.17) is 40.5 Å². The molecule has 0 bridgehead atoms. The van der Waals surface area contributed by atoms with Crippen molar-refractivity contribution in [1.82, 2.24) is 10.4 Å². The number of para-hydroxylation sites is 1. The Bertz CT molecular complexity index is 1020. The van der Waals surface area contributed by atoms with E-state index < -0.39 is 5.91 Å². The topological polar surface area (TPSA) is 83.6 Å². The van der Waals surface area contributed by atoms with Crippen molar-refractivity contribution in [1.29, 1.82) is 0 Å². The molecule has 28 heavy (non-hydrogen) atoms. The number of rotatable bonds is 3. The van der Waals surface area contributed by atoms with Crippen molar-refractivity contribution < 1.29 is 4.79 Å². The lowest BCUT2D eigenvalue weighted by atomic mass is 9.84. The van der Waals surface area contributed by atoms with Crippen LogP contribution in [0.3, 0.4) is 0 Å². The van der Waals surface area contributed by atoms with Crippen molar-refractivity contribution in [3.63, 3.8) is 0 Å². The predicted molar refractivity (Wildman–Crippen MR) is 116 cm³/mol. The van der Waals surface area contributed by atoms with Crippen molar-refractivity contribution in [2.45, 2.75) is 19.3 Å². The van der Waals surface area contributed by atoms with Gasteiger partial charge >= 0.3 is 0 Å². The highest BCUT2D eigenvalue weighted by Crippen LogP contribution is 2.46. The third kappa shape index (κ3) is 3.43. The number of hydrogen-bond acceptors (Lipinski definition) is 5. The summed E-state index contributed by atoms with van der Waals surface area (Å²) in [6.07, 6.45) is 3.35. The summed E-state index contributed by atoms with van der Waals surface area (Å²) in [5, 5.41) is 3.77. The summed E-state index contributed by atoms with van der Waals surface area (Å²) in [5.74, 6) is -0.646. The van der Waals surface area contributed by atoms with Gasteiger partial charge in [0.05, 0.1) is 10.7 Å². The molecule has 146 valence electrons. The molecule has 0 aliphatic carbocycles. The van der Waals surface area contributed by atoms with Gasteiger partial charge in [-0.1, -0.05) is 66.8 Å². The van der Waals surface area contributed by atoms with Crippen LogP contribution < -0.4 is 16.1 Å². The molecule has 0 fully saturated rings. The maximum Gasteiger partial charge on any atom is 0.291 e. The van der Waals surface area contributed by atoms with Crippen LogP contribution in [0.2, 0.25) is 15.2 Å². The first-order chi connectivity index (χ1) is 13.2. The number of pyridine rings is 1. The Labute approximate surface area is 178 Å². The van der Waals surface area contributed by atoms with Gasteiger partial charge in [-0.2, -0.15) is 5.10 Å². The number of nitrogens with two attached hydrogens (primary N) is 1. The molecule has 0 saturated carbocycles. The molecule has 0 spiro atoms. The lowest BCUT2D eigenvalue weighted by Gasteiger charge is -2.23. The summed E-state index contributed by atoms with van der Waals surface area (Å²) in [5.41, 5.74) is 11.1. The smallest absolute Gasteiger partial charge is 0.291 e. The van der Waals surface area contributed by atoms with E-state index in [9.17, 15) is 4.79 Å². The van der Waals surface area contributed by atoms with Crippen molar-refractivity contribution in [3.05, 3.63) is 62.5 Å². The van der Waals surface area contributed by atoms with Crippen LogP contribution in [0.15, 0.2) is 41.1 Å². The van der Waals surface area contributed by atoms with Crippen LogP contribution in [0.4, 0.5) is 11.4 Å². The fourth-order valence-corrected chi connectivity index (χ4v) is 3.83. The van der Waals surface area contributed by atoms with E-state index in [1.165, 1.54) is 11.8 Å². The van der Waals surface area contributed by atoms with E-state index in [-0.39, 0.29) is 32.0 Å². The molecule has 9 heteroatoms. The van der Waals surface area contributed by atoms with Crippen LogP contribution in [-0.2, 0) is 5.41 Å². The van der Waals surface area contributed by atoms with Crippen LogP contribution in [0.25, 0.3) is 0 Å². The van der Waals surface area contributed by atoms with Crippen LogP contribution in [0, 0.1) is 0 Å². The molecule has 1 aliphatic rings. The molecule has 1 aromatic heterocycles. The summed E-state index contributed by atoms with van der Waals surface area (Å²) < 4.78 is 0. The highest BCUT2D eigenvalue weighted by molar-refractivity contribution is 6.46. The molecule has 0 atom stereocenters. The maximum atomic E-state index is 12.3. The Kier molecular flexibility index (Phi) is 5.57. The maximum absolute atomic E-state index is 12.3. The van der Waals surface area contributed by atoms with Crippen molar-refractivity contribution >= 4 is 58.3 Å². The van der Waals surface area contributed by atoms with Crippen molar-refractivity contribution in [2.24, 2.45) is 5.10 Å². The largest absolute Gasteiger partial charge is 0.396 e. The van der Waals surface area contributed by atoms with Gasteiger partial charge in [-0.05, 0) is 17.7 Å². The fraction of sp³-hybridized carbons (Fsp3) is 0.211. The average molecular weight is 439 g/mol. The van der Waals surface area contributed by atoms with E-state index in [1.807, 2.05) is 25.3 Å². The molecule has 1 amide bonds.